The molecule has 0 bridgehead atoms. The van der Waals surface area contributed by atoms with Crippen molar-refractivity contribution < 1.29 is 18.7 Å². The van der Waals surface area contributed by atoms with Gasteiger partial charge < -0.3 is 18.5 Å². The number of rotatable bonds is 9. The van der Waals surface area contributed by atoms with Gasteiger partial charge in [-0.15, -0.1) is 5.10 Å². The number of esters is 1. The standard InChI is InChI=1S/C34H39N3O5/c1-4-22(16-17-40-2)20-37-34(39)42-32(35-37)26-18-24-12-8-9-13-27(24)31-30(23-10-6-5-7-11-23)28-15-14-25(33(38)41-3)19-29(28)36(31)21-26/h8-9,12-15,18-19,22-23H,4-7,10-11,16-17,20-21H2,1-3H3. The molecule has 6 rings (SSSR count). The first-order valence-electron chi connectivity index (χ1n) is 15.1. The number of benzene rings is 2. The lowest BCUT2D eigenvalue weighted by molar-refractivity contribution is 0.0601. The maximum absolute atomic E-state index is 13.0. The number of carbonyl (C=O) groups is 1. The molecule has 1 aliphatic heterocycles. The third kappa shape index (κ3) is 5.24. The monoisotopic (exact) mass is 569 g/mol. The second-order valence-electron chi connectivity index (χ2n) is 11.6. The zero-order valence-electron chi connectivity index (χ0n) is 24.7. The molecule has 3 heterocycles. The van der Waals surface area contributed by atoms with Crippen LogP contribution in [0.2, 0.25) is 0 Å². The van der Waals surface area contributed by atoms with Crippen molar-refractivity contribution in [3.63, 3.8) is 0 Å². The molecule has 2 aromatic heterocycles. The van der Waals surface area contributed by atoms with E-state index in [2.05, 4.69) is 41.8 Å². The summed E-state index contributed by atoms with van der Waals surface area (Å²) < 4.78 is 19.9. The fourth-order valence-corrected chi connectivity index (χ4v) is 6.76. The molecule has 0 spiro atoms. The van der Waals surface area contributed by atoms with E-state index in [0.29, 0.717) is 37.1 Å². The van der Waals surface area contributed by atoms with E-state index in [-0.39, 0.29) is 11.9 Å². The molecule has 1 saturated carbocycles. The lowest BCUT2D eigenvalue weighted by Crippen LogP contribution is -2.22. The average molecular weight is 570 g/mol. The van der Waals surface area contributed by atoms with Gasteiger partial charge in [-0.3, -0.25) is 0 Å². The lowest BCUT2D eigenvalue weighted by Gasteiger charge is -2.24. The van der Waals surface area contributed by atoms with Gasteiger partial charge >= 0.3 is 11.7 Å². The Balaban J connectivity index is 1.51. The highest BCUT2D eigenvalue weighted by molar-refractivity contribution is 6.01. The first kappa shape index (κ1) is 28.2. The van der Waals surface area contributed by atoms with Crippen molar-refractivity contribution in [3.05, 3.63) is 75.6 Å². The molecular weight excluding hydrogens is 530 g/mol. The number of fused-ring (bicyclic) bond motifs is 5. The molecule has 0 radical (unpaired) electrons. The lowest BCUT2D eigenvalue weighted by atomic mass is 9.81. The zero-order chi connectivity index (χ0) is 29.2. The molecule has 1 fully saturated rings. The van der Waals surface area contributed by atoms with E-state index >= 15 is 0 Å². The summed E-state index contributed by atoms with van der Waals surface area (Å²) in [6, 6.07) is 14.3. The van der Waals surface area contributed by atoms with Gasteiger partial charge in [-0.25, -0.2) is 9.59 Å². The second-order valence-corrected chi connectivity index (χ2v) is 11.6. The number of ether oxygens (including phenoxy) is 2. The van der Waals surface area contributed by atoms with Crippen LogP contribution >= 0.6 is 0 Å². The van der Waals surface area contributed by atoms with Gasteiger partial charge in [-0.1, -0.05) is 62.9 Å². The summed E-state index contributed by atoms with van der Waals surface area (Å²) in [5.74, 6) is 0.216. The average Bonchev–Trinajstić information content (AvgIpc) is 3.49. The van der Waals surface area contributed by atoms with Crippen molar-refractivity contribution in [1.82, 2.24) is 14.3 Å². The van der Waals surface area contributed by atoms with Gasteiger partial charge in [0.1, 0.15) is 0 Å². The maximum Gasteiger partial charge on any atom is 0.437 e. The molecule has 8 heteroatoms. The van der Waals surface area contributed by atoms with E-state index in [9.17, 15) is 9.59 Å². The molecule has 8 nitrogen and oxygen atoms in total. The predicted molar refractivity (Wildman–Crippen MR) is 163 cm³/mol. The first-order valence-corrected chi connectivity index (χ1v) is 15.1. The van der Waals surface area contributed by atoms with E-state index in [1.807, 2.05) is 18.2 Å². The Morgan fingerprint density at radius 3 is 2.69 bits per heavy atom. The van der Waals surface area contributed by atoms with E-state index in [0.717, 1.165) is 53.3 Å². The summed E-state index contributed by atoms with van der Waals surface area (Å²) in [5, 5.41) is 5.86. The fourth-order valence-electron chi connectivity index (χ4n) is 6.76. The van der Waals surface area contributed by atoms with Gasteiger partial charge in [0.05, 0.1) is 31.5 Å². The SMILES string of the molecule is CCC(CCOC)Cn1nc(C2=Cc3ccccc3-c3c(C4CCCCC4)c4ccc(C(=O)OC)cc4n3C2)oc1=O. The number of hydrogen-bond donors (Lipinski definition) is 0. The molecule has 0 amide bonds. The summed E-state index contributed by atoms with van der Waals surface area (Å²) >= 11 is 0. The van der Waals surface area contributed by atoms with Gasteiger partial charge in [0.25, 0.3) is 0 Å². The number of aromatic nitrogens is 3. The van der Waals surface area contributed by atoms with Gasteiger partial charge in [-0.2, -0.15) is 4.68 Å². The summed E-state index contributed by atoms with van der Waals surface area (Å²) in [6.07, 6.45) is 9.86. The Morgan fingerprint density at radius 1 is 1.12 bits per heavy atom. The Labute approximate surface area is 245 Å². The van der Waals surface area contributed by atoms with Crippen LogP contribution in [-0.2, 0) is 22.6 Å². The Bertz CT molecular complexity index is 1680. The minimum absolute atomic E-state index is 0.263. The van der Waals surface area contributed by atoms with Gasteiger partial charge in [0, 0.05) is 35.8 Å². The molecule has 1 aliphatic carbocycles. The van der Waals surface area contributed by atoms with Crippen molar-refractivity contribution in [3.8, 4) is 11.3 Å². The normalized spacial score (nSPS) is 16.0. The predicted octanol–water partition coefficient (Wildman–Crippen LogP) is 6.91. The smallest absolute Gasteiger partial charge is 0.437 e. The van der Waals surface area contributed by atoms with Crippen molar-refractivity contribution in [2.75, 3.05) is 20.8 Å². The van der Waals surface area contributed by atoms with Gasteiger partial charge in [-0.05, 0) is 60.4 Å². The van der Waals surface area contributed by atoms with Crippen molar-refractivity contribution >= 4 is 28.5 Å². The zero-order valence-corrected chi connectivity index (χ0v) is 24.7. The minimum atomic E-state index is -0.451. The molecule has 2 aromatic carbocycles. The molecular formula is C34H39N3O5. The molecule has 4 aromatic rings. The van der Waals surface area contributed by atoms with Crippen LogP contribution in [0.25, 0.3) is 33.8 Å². The molecule has 1 atom stereocenters. The maximum atomic E-state index is 13.0. The largest absolute Gasteiger partial charge is 0.465 e. The summed E-state index contributed by atoms with van der Waals surface area (Å²) in [7, 11) is 3.10. The molecule has 2 aliphatic rings. The molecule has 1 unspecified atom stereocenters. The number of hydrogen-bond acceptors (Lipinski definition) is 6. The van der Waals surface area contributed by atoms with Crippen molar-refractivity contribution in [1.29, 1.82) is 0 Å². The number of carbonyl (C=O) groups excluding carboxylic acids is 1. The van der Waals surface area contributed by atoms with Crippen molar-refractivity contribution in [2.45, 2.75) is 70.9 Å². The van der Waals surface area contributed by atoms with E-state index in [4.69, 9.17) is 19.0 Å². The van der Waals surface area contributed by atoms with Crippen LogP contribution in [0.4, 0.5) is 0 Å². The van der Waals surface area contributed by atoms with E-state index in [1.54, 1.807) is 7.11 Å². The van der Waals surface area contributed by atoms with Crippen LogP contribution in [0, 0.1) is 5.92 Å². The summed E-state index contributed by atoms with van der Waals surface area (Å²) in [6.45, 7) is 3.69. The number of allylic oxidation sites excluding steroid dienone is 1. The Hall–Kier alpha value is -3.91. The molecule has 220 valence electrons. The highest BCUT2D eigenvalue weighted by Crippen LogP contribution is 2.47. The third-order valence-electron chi connectivity index (χ3n) is 9.03. The number of nitrogens with zero attached hydrogens (tertiary/aromatic N) is 3. The van der Waals surface area contributed by atoms with Crippen molar-refractivity contribution in [2.24, 2.45) is 5.92 Å². The van der Waals surface area contributed by atoms with Crippen LogP contribution in [-0.4, -0.2) is 41.1 Å². The summed E-state index contributed by atoms with van der Waals surface area (Å²) in [4.78, 5) is 25.6. The van der Waals surface area contributed by atoms with Crippen LogP contribution in [0.5, 0.6) is 0 Å². The first-order chi connectivity index (χ1) is 20.5. The third-order valence-corrected chi connectivity index (χ3v) is 9.03. The van der Waals surface area contributed by atoms with Crippen LogP contribution in [0.3, 0.4) is 0 Å². The Morgan fingerprint density at radius 2 is 1.93 bits per heavy atom. The van der Waals surface area contributed by atoms with E-state index in [1.165, 1.54) is 42.3 Å². The van der Waals surface area contributed by atoms with Gasteiger partial charge in [0.15, 0.2) is 0 Å². The van der Waals surface area contributed by atoms with Crippen LogP contribution in [0.15, 0.2) is 51.7 Å². The fraction of sp³-hybridized carbons (Fsp3) is 0.441. The number of methoxy groups -OCH3 is 2. The van der Waals surface area contributed by atoms with Gasteiger partial charge in [0.2, 0.25) is 5.89 Å². The quantitative estimate of drug-likeness (QED) is 0.204. The summed E-state index contributed by atoms with van der Waals surface area (Å²) in [5.41, 5.74) is 7.02. The van der Waals surface area contributed by atoms with Crippen LogP contribution < -0.4 is 5.76 Å². The van der Waals surface area contributed by atoms with Crippen LogP contribution in [0.1, 0.15) is 85.2 Å². The molecule has 0 N–H and O–H groups in total. The topological polar surface area (TPSA) is 88.5 Å². The second kappa shape index (κ2) is 12.1. The molecule has 0 saturated heterocycles. The Kier molecular flexibility index (Phi) is 8.16. The highest BCUT2D eigenvalue weighted by atomic mass is 16.5. The molecule has 42 heavy (non-hydrogen) atoms. The minimum Gasteiger partial charge on any atom is -0.465 e. The van der Waals surface area contributed by atoms with E-state index < -0.39 is 5.76 Å². The highest BCUT2D eigenvalue weighted by Gasteiger charge is 2.30.